The van der Waals surface area contributed by atoms with Crippen molar-refractivity contribution in [2.24, 2.45) is 0 Å². The van der Waals surface area contributed by atoms with Crippen molar-refractivity contribution in [2.75, 3.05) is 13.1 Å². The van der Waals surface area contributed by atoms with Crippen LogP contribution in [0.1, 0.15) is 12.8 Å². The SMILES string of the molecule is O=S(=O)(c1cnn(-c2ccccc2F)c1)N1CCCC(O)C1. The maximum absolute atomic E-state index is 13.7. The molecule has 118 valence electrons. The molecule has 1 aromatic heterocycles. The highest BCUT2D eigenvalue weighted by Gasteiger charge is 2.30. The fraction of sp³-hybridized carbons (Fsp3) is 0.357. The van der Waals surface area contributed by atoms with Crippen LogP contribution < -0.4 is 0 Å². The van der Waals surface area contributed by atoms with Gasteiger partial charge in [-0.2, -0.15) is 9.40 Å². The molecule has 1 aliphatic heterocycles. The van der Waals surface area contributed by atoms with Gasteiger partial charge in [-0.15, -0.1) is 0 Å². The molecule has 1 unspecified atom stereocenters. The fourth-order valence-electron chi connectivity index (χ4n) is 2.50. The van der Waals surface area contributed by atoms with Crippen molar-refractivity contribution in [3.63, 3.8) is 0 Å². The van der Waals surface area contributed by atoms with Crippen molar-refractivity contribution in [3.8, 4) is 5.69 Å². The van der Waals surface area contributed by atoms with Crippen LogP contribution >= 0.6 is 0 Å². The normalized spacial score (nSPS) is 20.2. The largest absolute Gasteiger partial charge is 0.392 e. The summed E-state index contributed by atoms with van der Waals surface area (Å²) in [6.45, 7) is 0.442. The van der Waals surface area contributed by atoms with Crippen LogP contribution in [0.15, 0.2) is 41.6 Å². The molecule has 1 fully saturated rings. The number of para-hydroxylation sites is 1. The monoisotopic (exact) mass is 325 g/mol. The third-order valence-corrected chi connectivity index (χ3v) is 5.47. The van der Waals surface area contributed by atoms with Gasteiger partial charge in [0.15, 0.2) is 0 Å². The number of aliphatic hydroxyl groups is 1. The third kappa shape index (κ3) is 2.77. The summed E-state index contributed by atoms with van der Waals surface area (Å²) in [5.41, 5.74) is 0.183. The predicted molar refractivity (Wildman–Crippen MR) is 77.5 cm³/mol. The number of halogens is 1. The Kier molecular flexibility index (Phi) is 3.98. The number of aromatic nitrogens is 2. The molecule has 0 bridgehead atoms. The van der Waals surface area contributed by atoms with Gasteiger partial charge in [-0.05, 0) is 25.0 Å². The van der Waals surface area contributed by atoms with E-state index in [4.69, 9.17) is 0 Å². The molecule has 2 heterocycles. The van der Waals surface area contributed by atoms with Crippen LogP contribution in [-0.4, -0.2) is 46.8 Å². The van der Waals surface area contributed by atoms with Crippen LogP contribution in [0.2, 0.25) is 0 Å². The Morgan fingerprint density at radius 2 is 2.09 bits per heavy atom. The molecule has 1 aliphatic rings. The smallest absolute Gasteiger partial charge is 0.246 e. The standard InChI is InChI=1S/C14H16FN3O3S/c15-13-5-1-2-6-14(13)18-10-12(8-16-18)22(20,21)17-7-3-4-11(19)9-17/h1-2,5-6,8,10-11,19H,3-4,7,9H2. The fourth-order valence-corrected chi connectivity index (χ4v) is 3.95. The van der Waals surface area contributed by atoms with Gasteiger partial charge in [0.05, 0.1) is 18.5 Å². The first kappa shape index (κ1) is 15.1. The molecule has 0 radical (unpaired) electrons. The van der Waals surface area contributed by atoms with Gasteiger partial charge in [0.25, 0.3) is 0 Å². The lowest BCUT2D eigenvalue weighted by atomic mass is 10.1. The predicted octanol–water partition coefficient (Wildman–Crippen LogP) is 1.16. The molecule has 0 aliphatic carbocycles. The highest BCUT2D eigenvalue weighted by atomic mass is 32.2. The lowest BCUT2D eigenvalue weighted by Crippen LogP contribution is -2.41. The van der Waals surface area contributed by atoms with Crippen LogP contribution in [0.3, 0.4) is 0 Å². The summed E-state index contributed by atoms with van der Waals surface area (Å²) in [5, 5.41) is 13.6. The Hall–Kier alpha value is -1.77. The molecule has 0 spiro atoms. The van der Waals surface area contributed by atoms with E-state index in [9.17, 15) is 17.9 Å². The topological polar surface area (TPSA) is 75.4 Å². The lowest BCUT2D eigenvalue weighted by Gasteiger charge is -2.28. The number of aliphatic hydroxyl groups excluding tert-OH is 1. The van der Waals surface area contributed by atoms with Gasteiger partial charge in [-0.3, -0.25) is 0 Å². The molecule has 0 saturated carbocycles. The summed E-state index contributed by atoms with van der Waals surface area (Å²) in [5.74, 6) is -0.483. The first-order chi connectivity index (χ1) is 10.5. The average Bonchev–Trinajstić information content (AvgIpc) is 2.98. The van der Waals surface area contributed by atoms with E-state index in [1.54, 1.807) is 12.1 Å². The molecule has 8 heteroatoms. The average molecular weight is 325 g/mol. The molecule has 3 rings (SSSR count). The second-order valence-corrected chi connectivity index (χ2v) is 7.17. The highest BCUT2D eigenvalue weighted by Crippen LogP contribution is 2.22. The molecular weight excluding hydrogens is 309 g/mol. The zero-order chi connectivity index (χ0) is 15.7. The van der Waals surface area contributed by atoms with Crippen molar-refractivity contribution < 1.29 is 17.9 Å². The van der Waals surface area contributed by atoms with Gasteiger partial charge in [0.2, 0.25) is 10.0 Å². The van der Waals surface area contributed by atoms with Gasteiger partial charge in [-0.1, -0.05) is 12.1 Å². The molecule has 2 aromatic rings. The Morgan fingerprint density at radius 3 is 2.82 bits per heavy atom. The summed E-state index contributed by atoms with van der Waals surface area (Å²) >= 11 is 0. The second-order valence-electron chi connectivity index (χ2n) is 5.23. The third-order valence-electron chi connectivity index (χ3n) is 3.66. The van der Waals surface area contributed by atoms with Gasteiger partial charge in [0.1, 0.15) is 16.4 Å². The van der Waals surface area contributed by atoms with E-state index < -0.39 is 21.9 Å². The van der Waals surface area contributed by atoms with Gasteiger partial charge in [-0.25, -0.2) is 17.5 Å². The molecule has 1 saturated heterocycles. The highest BCUT2D eigenvalue weighted by molar-refractivity contribution is 7.89. The minimum atomic E-state index is -3.73. The van der Waals surface area contributed by atoms with E-state index >= 15 is 0 Å². The Morgan fingerprint density at radius 1 is 1.32 bits per heavy atom. The number of benzene rings is 1. The minimum absolute atomic E-state index is 0.00940. The molecule has 1 atom stereocenters. The number of hydrogen-bond donors (Lipinski definition) is 1. The maximum Gasteiger partial charge on any atom is 0.246 e. The van der Waals surface area contributed by atoms with Crippen LogP contribution in [-0.2, 0) is 10.0 Å². The van der Waals surface area contributed by atoms with Crippen molar-refractivity contribution in [1.82, 2.24) is 14.1 Å². The van der Waals surface area contributed by atoms with Crippen LogP contribution in [0, 0.1) is 5.82 Å². The summed E-state index contributed by atoms with van der Waals surface area (Å²) in [7, 11) is -3.73. The van der Waals surface area contributed by atoms with E-state index in [0.717, 1.165) is 0 Å². The first-order valence-electron chi connectivity index (χ1n) is 6.96. The zero-order valence-electron chi connectivity index (χ0n) is 11.8. The number of piperidine rings is 1. The van der Waals surface area contributed by atoms with E-state index in [2.05, 4.69) is 5.10 Å². The summed E-state index contributed by atoms with van der Waals surface area (Å²) in [6, 6.07) is 6.00. The Labute approximate surface area is 127 Å². The van der Waals surface area contributed by atoms with E-state index in [0.29, 0.717) is 19.4 Å². The van der Waals surface area contributed by atoms with Crippen molar-refractivity contribution in [3.05, 3.63) is 42.5 Å². The summed E-state index contributed by atoms with van der Waals surface area (Å²) in [6.07, 6.45) is 3.05. The molecule has 1 aromatic carbocycles. The number of nitrogens with zero attached hydrogens (tertiary/aromatic N) is 3. The second kappa shape index (κ2) is 5.79. The molecule has 6 nitrogen and oxygen atoms in total. The Bertz CT molecular complexity index is 775. The summed E-state index contributed by atoms with van der Waals surface area (Å²) in [4.78, 5) is -0.00940. The number of β-amino-alcohol motifs (C(OH)–C–C–N with tert-alkyl or cyclic N) is 1. The van der Waals surface area contributed by atoms with Crippen molar-refractivity contribution >= 4 is 10.0 Å². The molecule has 22 heavy (non-hydrogen) atoms. The number of sulfonamides is 1. The van der Waals surface area contributed by atoms with Crippen molar-refractivity contribution in [1.29, 1.82) is 0 Å². The first-order valence-corrected chi connectivity index (χ1v) is 8.40. The van der Waals surface area contributed by atoms with Gasteiger partial charge < -0.3 is 5.11 Å². The zero-order valence-corrected chi connectivity index (χ0v) is 12.6. The van der Waals surface area contributed by atoms with E-state index in [-0.39, 0.29) is 17.1 Å². The van der Waals surface area contributed by atoms with Gasteiger partial charge >= 0.3 is 0 Å². The molecular formula is C14H16FN3O3S. The number of hydrogen-bond acceptors (Lipinski definition) is 4. The van der Waals surface area contributed by atoms with Crippen LogP contribution in [0.25, 0.3) is 5.69 Å². The minimum Gasteiger partial charge on any atom is -0.392 e. The molecule has 0 amide bonds. The number of rotatable bonds is 3. The van der Waals surface area contributed by atoms with Crippen LogP contribution in [0.4, 0.5) is 4.39 Å². The van der Waals surface area contributed by atoms with Gasteiger partial charge in [0, 0.05) is 13.1 Å². The quantitative estimate of drug-likeness (QED) is 0.919. The summed E-state index contributed by atoms with van der Waals surface area (Å²) < 4.78 is 41.2. The van der Waals surface area contributed by atoms with Crippen molar-refractivity contribution in [2.45, 2.75) is 23.8 Å². The maximum atomic E-state index is 13.7. The van der Waals surface area contributed by atoms with E-state index in [1.165, 1.54) is 33.5 Å². The molecule has 1 N–H and O–H groups in total. The van der Waals surface area contributed by atoms with Crippen LogP contribution in [0.5, 0.6) is 0 Å². The lowest BCUT2D eigenvalue weighted by molar-refractivity contribution is 0.108. The van der Waals surface area contributed by atoms with E-state index in [1.807, 2.05) is 0 Å². The Balaban J connectivity index is 1.91.